The fourth-order valence-corrected chi connectivity index (χ4v) is 3.95. The Labute approximate surface area is 123 Å². The van der Waals surface area contributed by atoms with Crippen molar-refractivity contribution in [1.29, 1.82) is 0 Å². The molecule has 0 heterocycles. The van der Waals surface area contributed by atoms with Crippen molar-refractivity contribution in [1.82, 2.24) is 4.31 Å². The van der Waals surface area contributed by atoms with Crippen LogP contribution < -0.4 is 0 Å². The Balaban J connectivity index is 2.36. The van der Waals surface area contributed by atoms with E-state index in [2.05, 4.69) is 0 Å². The van der Waals surface area contributed by atoms with Crippen LogP contribution in [0.4, 0.5) is 4.39 Å². The monoisotopic (exact) mass is 315 g/mol. The molecule has 1 aliphatic carbocycles. The van der Waals surface area contributed by atoms with Gasteiger partial charge in [0.05, 0.1) is 5.56 Å². The van der Waals surface area contributed by atoms with Crippen LogP contribution in [0.5, 0.6) is 0 Å². The number of halogens is 1. The highest BCUT2D eigenvalue weighted by Crippen LogP contribution is 2.29. The lowest BCUT2D eigenvalue weighted by Crippen LogP contribution is -2.37. The zero-order valence-corrected chi connectivity index (χ0v) is 12.6. The molecule has 1 aromatic carbocycles. The number of nitrogens with zero attached hydrogens (tertiary/aromatic N) is 1. The molecule has 0 radical (unpaired) electrons. The Hall–Kier alpha value is -1.47. The van der Waals surface area contributed by atoms with Gasteiger partial charge in [0.15, 0.2) is 0 Å². The number of sulfonamides is 1. The minimum atomic E-state index is -4.01. The molecule has 1 aliphatic rings. The molecule has 1 N–H and O–H groups in total. The number of aromatic carboxylic acids is 1. The number of rotatable bonds is 6. The summed E-state index contributed by atoms with van der Waals surface area (Å²) in [5.41, 5.74) is -0.241. The van der Waals surface area contributed by atoms with Crippen LogP contribution in [0, 0.1) is 11.7 Å². The maximum Gasteiger partial charge on any atom is 0.335 e. The molecule has 0 aliphatic heterocycles. The fourth-order valence-electron chi connectivity index (χ4n) is 2.33. The molecule has 21 heavy (non-hydrogen) atoms. The normalized spacial score (nSPS) is 16.0. The summed E-state index contributed by atoms with van der Waals surface area (Å²) < 4.78 is 40.1. The van der Waals surface area contributed by atoms with Crippen molar-refractivity contribution in [2.24, 2.45) is 5.92 Å². The summed E-state index contributed by atoms with van der Waals surface area (Å²) in [5, 5.41) is 8.92. The van der Waals surface area contributed by atoms with Crippen LogP contribution in [0.2, 0.25) is 0 Å². The van der Waals surface area contributed by atoms with Crippen LogP contribution in [-0.2, 0) is 10.0 Å². The van der Waals surface area contributed by atoms with Crippen LogP contribution in [0.1, 0.15) is 36.5 Å². The van der Waals surface area contributed by atoms with Gasteiger partial charge in [0, 0.05) is 13.1 Å². The van der Waals surface area contributed by atoms with Crippen LogP contribution in [-0.4, -0.2) is 36.9 Å². The molecule has 1 aromatic rings. The van der Waals surface area contributed by atoms with E-state index in [0.717, 1.165) is 37.5 Å². The molecule has 0 saturated heterocycles. The van der Waals surface area contributed by atoms with E-state index in [1.165, 1.54) is 4.31 Å². The molecule has 0 atom stereocenters. The second-order valence-electron chi connectivity index (χ2n) is 5.20. The van der Waals surface area contributed by atoms with Gasteiger partial charge in [-0.05, 0) is 37.0 Å². The van der Waals surface area contributed by atoms with Gasteiger partial charge in [0.25, 0.3) is 0 Å². The summed E-state index contributed by atoms with van der Waals surface area (Å²) in [7, 11) is -4.01. The maximum atomic E-state index is 13.9. The van der Waals surface area contributed by atoms with E-state index in [-0.39, 0.29) is 12.1 Å². The van der Waals surface area contributed by atoms with Gasteiger partial charge in [-0.2, -0.15) is 4.31 Å². The number of carboxylic acids is 1. The molecule has 0 bridgehead atoms. The van der Waals surface area contributed by atoms with E-state index in [1.807, 2.05) is 0 Å². The van der Waals surface area contributed by atoms with Gasteiger partial charge in [-0.15, -0.1) is 0 Å². The predicted molar refractivity (Wildman–Crippen MR) is 75.1 cm³/mol. The molecular weight excluding hydrogens is 297 g/mol. The van der Waals surface area contributed by atoms with Crippen molar-refractivity contribution in [2.75, 3.05) is 13.1 Å². The van der Waals surface area contributed by atoms with Crippen molar-refractivity contribution >= 4 is 16.0 Å². The van der Waals surface area contributed by atoms with E-state index < -0.39 is 26.7 Å². The average Bonchev–Trinajstić information content (AvgIpc) is 2.37. The predicted octanol–water partition coefficient (Wildman–Crippen LogP) is 2.33. The number of carbonyl (C=O) groups is 1. The Morgan fingerprint density at radius 2 is 2.10 bits per heavy atom. The minimum Gasteiger partial charge on any atom is -0.478 e. The molecule has 116 valence electrons. The third kappa shape index (κ3) is 3.24. The number of carboxylic acid groups (broad SMARTS) is 1. The van der Waals surface area contributed by atoms with Gasteiger partial charge in [-0.25, -0.2) is 17.6 Å². The van der Waals surface area contributed by atoms with Gasteiger partial charge in [0.2, 0.25) is 10.0 Å². The Bertz CT molecular complexity index is 640. The van der Waals surface area contributed by atoms with Gasteiger partial charge >= 0.3 is 5.97 Å². The highest BCUT2D eigenvalue weighted by Gasteiger charge is 2.31. The Morgan fingerprint density at radius 1 is 1.43 bits per heavy atom. The summed E-state index contributed by atoms with van der Waals surface area (Å²) in [4.78, 5) is 10.4. The van der Waals surface area contributed by atoms with E-state index in [9.17, 15) is 17.6 Å². The van der Waals surface area contributed by atoms with E-state index >= 15 is 0 Å². The second-order valence-corrected chi connectivity index (χ2v) is 7.11. The first kappa shape index (κ1) is 15.9. The van der Waals surface area contributed by atoms with Crippen LogP contribution in [0.15, 0.2) is 23.1 Å². The van der Waals surface area contributed by atoms with Crippen LogP contribution >= 0.6 is 0 Å². The molecule has 7 heteroatoms. The van der Waals surface area contributed by atoms with Gasteiger partial charge in [0.1, 0.15) is 10.7 Å². The first-order chi connectivity index (χ1) is 9.86. The molecule has 0 spiro atoms. The fraction of sp³-hybridized carbons (Fsp3) is 0.500. The second kappa shape index (κ2) is 6.11. The number of benzene rings is 1. The van der Waals surface area contributed by atoms with Crippen molar-refractivity contribution in [3.05, 3.63) is 29.6 Å². The minimum absolute atomic E-state index is 0.232. The van der Waals surface area contributed by atoms with E-state index in [1.54, 1.807) is 6.92 Å². The molecular formula is C14H18FNO4S. The molecule has 2 rings (SSSR count). The average molecular weight is 315 g/mol. The largest absolute Gasteiger partial charge is 0.478 e. The van der Waals surface area contributed by atoms with Gasteiger partial charge < -0.3 is 5.11 Å². The Kier molecular flexibility index (Phi) is 4.63. The highest BCUT2D eigenvalue weighted by atomic mass is 32.2. The third-order valence-corrected chi connectivity index (χ3v) is 5.79. The van der Waals surface area contributed by atoms with Gasteiger partial charge in [-0.1, -0.05) is 13.3 Å². The third-order valence-electron chi connectivity index (χ3n) is 3.84. The quantitative estimate of drug-likeness (QED) is 0.874. The number of hydrogen-bond donors (Lipinski definition) is 1. The van der Waals surface area contributed by atoms with Gasteiger partial charge in [-0.3, -0.25) is 0 Å². The lowest BCUT2D eigenvalue weighted by atomic mass is 9.85. The zero-order chi connectivity index (χ0) is 15.6. The van der Waals surface area contributed by atoms with Crippen molar-refractivity contribution in [3.8, 4) is 0 Å². The molecule has 1 fully saturated rings. The van der Waals surface area contributed by atoms with Crippen molar-refractivity contribution < 1.29 is 22.7 Å². The summed E-state index contributed by atoms with van der Waals surface area (Å²) in [6.07, 6.45) is 3.04. The van der Waals surface area contributed by atoms with Crippen molar-refractivity contribution in [2.45, 2.75) is 31.1 Å². The summed E-state index contributed by atoms with van der Waals surface area (Å²) in [6, 6.07) is 2.82. The first-order valence-corrected chi connectivity index (χ1v) is 8.33. The smallest absolute Gasteiger partial charge is 0.335 e. The summed E-state index contributed by atoms with van der Waals surface area (Å²) in [5.74, 6) is -1.90. The standard InChI is InChI=1S/C14H18FNO4S/c1-2-16(9-10-4-3-5-10)21(19,20)13-8-11(14(17)18)6-7-12(13)15/h6-8,10H,2-5,9H2,1H3,(H,17,18). The van der Waals surface area contributed by atoms with E-state index in [0.29, 0.717) is 12.5 Å². The summed E-state index contributed by atoms with van der Waals surface area (Å²) >= 11 is 0. The molecule has 0 aromatic heterocycles. The first-order valence-electron chi connectivity index (χ1n) is 6.89. The lowest BCUT2D eigenvalue weighted by molar-refractivity contribution is 0.0696. The van der Waals surface area contributed by atoms with Crippen LogP contribution in [0.3, 0.4) is 0 Å². The number of hydrogen-bond acceptors (Lipinski definition) is 3. The lowest BCUT2D eigenvalue weighted by Gasteiger charge is -2.31. The Morgan fingerprint density at radius 3 is 2.57 bits per heavy atom. The maximum absolute atomic E-state index is 13.9. The molecule has 5 nitrogen and oxygen atoms in total. The zero-order valence-electron chi connectivity index (χ0n) is 11.8. The van der Waals surface area contributed by atoms with Crippen LogP contribution in [0.25, 0.3) is 0 Å². The SMILES string of the molecule is CCN(CC1CCC1)S(=O)(=O)c1cc(C(=O)O)ccc1F. The van der Waals surface area contributed by atoms with E-state index in [4.69, 9.17) is 5.11 Å². The highest BCUT2D eigenvalue weighted by molar-refractivity contribution is 7.89. The van der Waals surface area contributed by atoms with Crippen molar-refractivity contribution in [3.63, 3.8) is 0 Å². The molecule has 1 saturated carbocycles. The topological polar surface area (TPSA) is 74.7 Å². The molecule has 0 unspecified atom stereocenters. The summed E-state index contributed by atoms with van der Waals surface area (Å²) in [6.45, 7) is 2.28. The molecule has 0 amide bonds.